The minimum Gasteiger partial charge on any atom is -0.493 e. The number of halogens is 2. The van der Waals surface area contributed by atoms with E-state index in [1.54, 1.807) is 26.4 Å². The zero-order valence-electron chi connectivity index (χ0n) is 14.8. The Morgan fingerprint density at radius 1 is 1.12 bits per heavy atom. The number of benzene rings is 2. The van der Waals surface area contributed by atoms with Crippen LogP contribution in [0.4, 0.5) is 10.1 Å². The molecule has 1 saturated carbocycles. The van der Waals surface area contributed by atoms with Crippen LogP contribution in [0.15, 0.2) is 47.5 Å². The van der Waals surface area contributed by atoms with Gasteiger partial charge >= 0.3 is 0 Å². The van der Waals surface area contributed by atoms with E-state index in [0.29, 0.717) is 24.0 Å². The molecule has 0 amide bonds. The standard InChI is InChI=1S/C19H22FN3O2.HI/c1-24-16-8-7-15(11-17(16)25-2)23-18(21)22-12-19(9-10-19)13-3-5-14(20)6-4-13;/h3-8,11H,9-10,12H2,1-2H3,(H3,21,22,23);1H. The van der Waals surface area contributed by atoms with E-state index in [9.17, 15) is 4.39 Å². The van der Waals surface area contributed by atoms with Gasteiger partial charge in [-0.15, -0.1) is 24.0 Å². The lowest BCUT2D eigenvalue weighted by atomic mass is 9.96. The van der Waals surface area contributed by atoms with Gasteiger partial charge in [-0.3, -0.25) is 4.99 Å². The first kappa shape index (κ1) is 20.3. The highest BCUT2D eigenvalue weighted by atomic mass is 127. The monoisotopic (exact) mass is 471 g/mol. The number of guanidine groups is 1. The molecule has 5 nitrogen and oxygen atoms in total. The third-order valence-corrected chi connectivity index (χ3v) is 4.52. The van der Waals surface area contributed by atoms with Crippen LogP contribution in [0.5, 0.6) is 11.5 Å². The van der Waals surface area contributed by atoms with Crippen molar-refractivity contribution in [3.05, 3.63) is 53.8 Å². The summed E-state index contributed by atoms with van der Waals surface area (Å²) >= 11 is 0. The van der Waals surface area contributed by atoms with Crippen molar-refractivity contribution in [3.8, 4) is 11.5 Å². The fourth-order valence-electron chi connectivity index (χ4n) is 2.83. The molecular formula is C19H23FIN3O2. The molecule has 1 aliphatic rings. The predicted octanol–water partition coefficient (Wildman–Crippen LogP) is 3.92. The number of nitrogens with two attached hydrogens (primary N) is 1. The molecule has 0 saturated heterocycles. The van der Waals surface area contributed by atoms with Crippen molar-refractivity contribution in [2.45, 2.75) is 18.3 Å². The van der Waals surface area contributed by atoms with Gasteiger partial charge in [-0.05, 0) is 42.7 Å². The number of hydrogen-bond acceptors (Lipinski definition) is 3. The smallest absolute Gasteiger partial charge is 0.193 e. The molecule has 0 spiro atoms. The van der Waals surface area contributed by atoms with Crippen molar-refractivity contribution in [1.82, 2.24) is 0 Å². The van der Waals surface area contributed by atoms with Crippen LogP contribution < -0.4 is 20.5 Å². The van der Waals surface area contributed by atoms with Gasteiger partial charge in [0, 0.05) is 17.2 Å². The van der Waals surface area contributed by atoms with Crippen molar-refractivity contribution in [2.24, 2.45) is 10.7 Å². The largest absolute Gasteiger partial charge is 0.493 e. The summed E-state index contributed by atoms with van der Waals surface area (Å²) in [6.07, 6.45) is 2.07. The summed E-state index contributed by atoms with van der Waals surface area (Å²) in [4.78, 5) is 4.47. The SMILES string of the molecule is COc1ccc(NC(N)=NCC2(c3ccc(F)cc3)CC2)cc1OC.I. The molecule has 0 aliphatic heterocycles. The molecule has 0 heterocycles. The number of anilines is 1. The average Bonchev–Trinajstić information content (AvgIpc) is 3.41. The molecular weight excluding hydrogens is 448 g/mol. The van der Waals surface area contributed by atoms with Crippen molar-refractivity contribution >= 4 is 35.6 Å². The summed E-state index contributed by atoms with van der Waals surface area (Å²) in [7, 11) is 3.17. The van der Waals surface area contributed by atoms with Crippen molar-refractivity contribution in [1.29, 1.82) is 0 Å². The van der Waals surface area contributed by atoms with Crippen LogP contribution in [-0.4, -0.2) is 26.7 Å². The molecule has 3 rings (SSSR count). The van der Waals surface area contributed by atoms with Crippen molar-refractivity contribution in [3.63, 3.8) is 0 Å². The zero-order valence-corrected chi connectivity index (χ0v) is 17.1. The molecule has 0 bridgehead atoms. The number of aliphatic imine (C=N–C) groups is 1. The van der Waals surface area contributed by atoms with E-state index in [1.165, 1.54) is 12.1 Å². The van der Waals surface area contributed by atoms with Gasteiger partial charge in [0.25, 0.3) is 0 Å². The highest BCUT2D eigenvalue weighted by Crippen LogP contribution is 2.48. The van der Waals surface area contributed by atoms with E-state index in [2.05, 4.69) is 10.3 Å². The highest BCUT2D eigenvalue weighted by molar-refractivity contribution is 14.0. The van der Waals surface area contributed by atoms with E-state index in [1.807, 2.05) is 18.2 Å². The zero-order chi connectivity index (χ0) is 17.9. The minimum absolute atomic E-state index is 0. The van der Waals surface area contributed by atoms with Gasteiger partial charge in [0.05, 0.1) is 20.8 Å². The van der Waals surface area contributed by atoms with Gasteiger partial charge in [-0.2, -0.15) is 0 Å². The lowest BCUT2D eigenvalue weighted by Crippen LogP contribution is -2.25. The Balaban J connectivity index is 0.00000243. The number of rotatable bonds is 6. The summed E-state index contributed by atoms with van der Waals surface area (Å²) in [5.74, 6) is 1.38. The fourth-order valence-corrected chi connectivity index (χ4v) is 2.83. The Morgan fingerprint density at radius 3 is 2.35 bits per heavy atom. The Bertz CT molecular complexity index is 777. The van der Waals surface area contributed by atoms with Crippen molar-refractivity contribution in [2.75, 3.05) is 26.1 Å². The van der Waals surface area contributed by atoms with E-state index < -0.39 is 0 Å². The second-order valence-corrected chi connectivity index (χ2v) is 6.18. The Hall–Kier alpha value is -2.03. The first-order valence-electron chi connectivity index (χ1n) is 8.11. The van der Waals surface area contributed by atoms with E-state index in [0.717, 1.165) is 24.1 Å². The Kier molecular flexibility index (Phi) is 6.69. The van der Waals surface area contributed by atoms with E-state index >= 15 is 0 Å². The van der Waals surface area contributed by atoms with Crippen LogP contribution >= 0.6 is 24.0 Å². The molecule has 1 fully saturated rings. The molecule has 0 atom stereocenters. The quantitative estimate of drug-likeness (QED) is 0.381. The topological polar surface area (TPSA) is 68.9 Å². The predicted molar refractivity (Wildman–Crippen MR) is 112 cm³/mol. The van der Waals surface area contributed by atoms with Gasteiger partial charge in [-0.25, -0.2) is 4.39 Å². The number of methoxy groups -OCH3 is 2. The number of nitrogens with zero attached hydrogens (tertiary/aromatic N) is 1. The molecule has 26 heavy (non-hydrogen) atoms. The summed E-state index contributed by atoms with van der Waals surface area (Å²) in [6, 6.07) is 12.1. The molecule has 0 radical (unpaired) electrons. The van der Waals surface area contributed by atoms with Gasteiger partial charge in [0.1, 0.15) is 5.82 Å². The van der Waals surface area contributed by atoms with E-state index in [-0.39, 0.29) is 35.2 Å². The van der Waals surface area contributed by atoms with Crippen LogP contribution in [0.3, 0.4) is 0 Å². The summed E-state index contributed by atoms with van der Waals surface area (Å²) < 4.78 is 23.6. The van der Waals surface area contributed by atoms with Crippen LogP contribution in [0.25, 0.3) is 0 Å². The van der Waals surface area contributed by atoms with Gasteiger partial charge in [0.2, 0.25) is 0 Å². The molecule has 2 aromatic rings. The lowest BCUT2D eigenvalue weighted by Gasteiger charge is -2.14. The summed E-state index contributed by atoms with van der Waals surface area (Å²) in [5.41, 5.74) is 7.87. The molecule has 3 N–H and O–H groups in total. The van der Waals surface area contributed by atoms with Crippen LogP contribution in [-0.2, 0) is 5.41 Å². The van der Waals surface area contributed by atoms with Crippen molar-refractivity contribution < 1.29 is 13.9 Å². The maximum absolute atomic E-state index is 13.1. The fraction of sp³-hybridized carbons (Fsp3) is 0.316. The molecule has 7 heteroatoms. The number of nitrogens with one attached hydrogen (secondary N) is 1. The van der Waals surface area contributed by atoms with Gasteiger partial charge < -0.3 is 20.5 Å². The minimum atomic E-state index is -0.224. The molecule has 2 aromatic carbocycles. The van der Waals surface area contributed by atoms with Gasteiger partial charge in [0.15, 0.2) is 17.5 Å². The highest BCUT2D eigenvalue weighted by Gasteiger charge is 2.44. The normalized spacial score (nSPS) is 15.0. The Labute approximate surface area is 169 Å². The average molecular weight is 471 g/mol. The van der Waals surface area contributed by atoms with E-state index in [4.69, 9.17) is 15.2 Å². The first-order valence-corrected chi connectivity index (χ1v) is 8.11. The van der Waals surface area contributed by atoms with Gasteiger partial charge in [-0.1, -0.05) is 12.1 Å². The maximum Gasteiger partial charge on any atom is 0.193 e. The molecule has 0 aromatic heterocycles. The number of ether oxygens (including phenoxy) is 2. The molecule has 0 unspecified atom stereocenters. The summed E-state index contributed by atoms with van der Waals surface area (Å²) in [6.45, 7) is 0.574. The summed E-state index contributed by atoms with van der Waals surface area (Å²) in [5, 5.41) is 3.06. The number of hydrogen-bond donors (Lipinski definition) is 2. The molecule has 140 valence electrons. The molecule has 1 aliphatic carbocycles. The first-order chi connectivity index (χ1) is 12.1. The van der Waals surface area contributed by atoms with Crippen LogP contribution in [0.1, 0.15) is 18.4 Å². The lowest BCUT2D eigenvalue weighted by molar-refractivity contribution is 0.355. The van der Waals surface area contributed by atoms with Crippen LogP contribution in [0, 0.1) is 5.82 Å². The maximum atomic E-state index is 13.1. The van der Waals surface area contributed by atoms with Crippen LogP contribution in [0.2, 0.25) is 0 Å². The third kappa shape index (κ3) is 4.57. The second kappa shape index (κ2) is 8.57. The third-order valence-electron chi connectivity index (χ3n) is 4.52. The second-order valence-electron chi connectivity index (χ2n) is 6.18. The Morgan fingerprint density at radius 2 is 1.77 bits per heavy atom.